The fraction of sp³-hybridized carbons (Fsp3) is 0.0417. The Kier molecular flexibility index (Phi) is 6.21. The van der Waals surface area contributed by atoms with Crippen molar-refractivity contribution < 1.29 is 26.3 Å². The predicted molar refractivity (Wildman–Crippen MR) is 130 cm³/mol. The molecule has 0 saturated heterocycles. The van der Waals surface area contributed by atoms with Gasteiger partial charge >= 0.3 is 0 Å². The van der Waals surface area contributed by atoms with Crippen LogP contribution in [-0.4, -0.2) is 34.9 Å². The van der Waals surface area contributed by atoms with E-state index in [1.54, 1.807) is 28.8 Å². The van der Waals surface area contributed by atoms with Gasteiger partial charge in [-0.3, -0.25) is 9.12 Å². The van der Waals surface area contributed by atoms with Crippen LogP contribution in [0.25, 0.3) is 28.3 Å². The molecule has 8 nitrogen and oxygen atoms in total. The molecule has 5 rings (SSSR count). The lowest BCUT2D eigenvalue weighted by molar-refractivity contribution is 0.414. The van der Waals surface area contributed by atoms with E-state index in [0.29, 0.717) is 22.8 Å². The summed E-state index contributed by atoms with van der Waals surface area (Å²) in [4.78, 5) is 11.4. The highest BCUT2D eigenvalue weighted by molar-refractivity contribution is 7.92. The molecule has 0 aliphatic heterocycles. The van der Waals surface area contributed by atoms with Crippen LogP contribution in [0.5, 0.6) is 5.75 Å². The number of hydrogen-bond acceptors (Lipinski definition) is 6. The second-order valence-electron chi connectivity index (χ2n) is 7.64. The molecule has 0 unspecified atom stereocenters. The maximum atomic E-state index is 15.8. The van der Waals surface area contributed by atoms with Crippen molar-refractivity contribution in [3.8, 4) is 28.4 Å². The summed E-state index contributed by atoms with van der Waals surface area (Å²) in [6.45, 7) is 0. The highest BCUT2D eigenvalue weighted by atomic mass is 35.5. The SMILES string of the molecule is COc1ccn2c(-c3ccnc(Cl)n3)c(-c3cccc(NS(=O)(=O)c4c(F)cccc4F)c3F)nc2c1. The van der Waals surface area contributed by atoms with Gasteiger partial charge in [-0.25, -0.2) is 36.5 Å². The van der Waals surface area contributed by atoms with Gasteiger partial charge in [-0.05, 0) is 48.0 Å². The van der Waals surface area contributed by atoms with E-state index in [1.807, 2.05) is 4.72 Å². The molecule has 1 N–H and O–H groups in total. The summed E-state index contributed by atoms with van der Waals surface area (Å²) < 4.78 is 78.4. The Balaban J connectivity index is 1.69. The molecule has 0 spiro atoms. The van der Waals surface area contributed by atoms with E-state index in [0.717, 1.165) is 24.3 Å². The van der Waals surface area contributed by atoms with Gasteiger partial charge < -0.3 is 4.74 Å². The van der Waals surface area contributed by atoms with Crippen LogP contribution in [0, 0.1) is 17.5 Å². The first-order valence-corrected chi connectivity index (χ1v) is 12.4. The Morgan fingerprint density at radius 3 is 2.43 bits per heavy atom. The first-order valence-electron chi connectivity index (χ1n) is 10.5. The van der Waals surface area contributed by atoms with E-state index in [4.69, 9.17) is 16.3 Å². The van der Waals surface area contributed by atoms with Crippen LogP contribution in [0.3, 0.4) is 0 Å². The number of anilines is 1. The normalized spacial score (nSPS) is 11.6. The van der Waals surface area contributed by atoms with Crippen molar-refractivity contribution in [2.45, 2.75) is 4.90 Å². The Morgan fingerprint density at radius 2 is 1.73 bits per heavy atom. The van der Waals surface area contributed by atoms with Crippen molar-refractivity contribution in [2.75, 3.05) is 11.8 Å². The number of sulfonamides is 1. The molecule has 0 aliphatic rings. The standard InChI is InChI=1S/C24H15ClF3N5O3S/c1-36-13-9-11-33-19(12-13)31-21(22(33)18-8-10-29-24(25)30-18)14-4-2-7-17(20(14)28)32-37(34,35)23-15(26)5-3-6-16(23)27/h2-12,32H,1H3. The molecule has 2 aromatic carbocycles. The van der Waals surface area contributed by atoms with Crippen molar-refractivity contribution in [3.05, 3.63) is 89.7 Å². The summed E-state index contributed by atoms with van der Waals surface area (Å²) in [5.41, 5.74) is 0.465. The largest absolute Gasteiger partial charge is 0.497 e. The number of halogens is 4. The van der Waals surface area contributed by atoms with Gasteiger partial charge in [0.25, 0.3) is 10.0 Å². The van der Waals surface area contributed by atoms with Crippen LogP contribution in [0.1, 0.15) is 0 Å². The maximum absolute atomic E-state index is 15.8. The van der Waals surface area contributed by atoms with Gasteiger partial charge in [0.2, 0.25) is 5.28 Å². The number of ether oxygens (including phenoxy) is 1. The molecule has 5 aromatic rings. The average Bonchev–Trinajstić information content (AvgIpc) is 3.23. The number of fused-ring (bicyclic) bond motifs is 1. The summed E-state index contributed by atoms with van der Waals surface area (Å²) in [6.07, 6.45) is 3.06. The lowest BCUT2D eigenvalue weighted by atomic mass is 10.1. The lowest BCUT2D eigenvalue weighted by Gasteiger charge is -2.12. The number of benzene rings is 2. The van der Waals surface area contributed by atoms with Gasteiger partial charge in [0.15, 0.2) is 10.7 Å². The molecule has 0 radical (unpaired) electrons. The average molecular weight is 546 g/mol. The van der Waals surface area contributed by atoms with E-state index in [1.165, 1.54) is 25.4 Å². The van der Waals surface area contributed by atoms with E-state index in [2.05, 4.69) is 15.0 Å². The molecule has 0 bridgehead atoms. The Bertz CT molecular complexity index is 1760. The molecule has 0 atom stereocenters. The van der Waals surface area contributed by atoms with Gasteiger partial charge in [0, 0.05) is 24.0 Å². The Morgan fingerprint density at radius 1 is 1.00 bits per heavy atom. The molecule has 0 saturated carbocycles. The highest BCUT2D eigenvalue weighted by Crippen LogP contribution is 2.36. The lowest BCUT2D eigenvalue weighted by Crippen LogP contribution is -2.17. The van der Waals surface area contributed by atoms with Crippen LogP contribution in [0.2, 0.25) is 5.28 Å². The number of rotatable bonds is 6. The third kappa shape index (κ3) is 4.45. The summed E-state index contributed by atoms with van der Waals surface area (Å²) in [5.74, 6) is -3.17. The summed E-state index contributed by atoms with van der Waals surface area (Å²) in [6, 6.07) is 11.3. The van der Waals surface area contributed by atoms with Crippen molar-refractivity contribution >= 4 is 33.0 Å². The fourth-order valence-electron chi connectivity index (χ4n) is 3.78. The molecule has 3 aromatic heterocycles. The van der Waals surface area contributed by atoms with Gasteiger partial charge in [-0.15, -0.1) is 0 Å². The number of pyridine rings is 1. The van der Waals surface area contributed by atoms with Crippen molar-refractivity contribution in [1.82, 2.24) is 19.4 Å². The van der Waals surface area contributed by atoms with Crippen LogP contribution < -0.4 is 9.46 Å². The Hall–Kier alpha value is -4.16. The number of hydrogen-bond donors (Lipinski definition) is 1. The molecule has 37 heavy (non-hydrogen) atoms. The second-order valence-corrected chi connectivity index (χ2v) is 9.60. The summed E-state index contributed by atoms with van der Waals surface area (Å²) >= 11 is 5.99. The zero-order chi connectivity index (χ0) is 26.3. The first kappa shape index (κ1) is 24.5. The van der Waals surface area contributed by atoms with Gasteiger partial charge in [-0.1, -0.05) is 12.1 Å². The zero-order valence-corrected chi connectivity index (χ0v) is 20.4. The van der Waals surface area contributed by atoms with Crippen LogP contribution in [-0.2, 0) is 10.0 Å². The van der Waals surface area contributed by atoms with E-state index in [9.17, 15) is 17.2 Å². The quantitative estimate of drug-likeness (QED) is 0.289. The molecule has 0 fully saturated rings. The number of nitrogens with one attached hydrogen (secondary N) is 1. The van der Waals surface area contributed by atoms with E-state index >= 15 is 4.39 Å². The summed E-state index contributed by atoms with van der Waals surface area (Å²) in [7, 11) is -3.34. The second kappa shape index (κ2) is 9.37. The van der Waals surface area contributed by atoms with Crippen molar-refractivity contribution in [1.29, 1.82) is 0 Å². The minimum absolute atomic E-state index is 0.0548. The maximum Gasteiger partial charge on any atom is 0.267 e. The van der Waals surface area contributed by atoms with Crippen molar-refractivity contribution in [3.63, 3.8) is 0 Å². The molecular weight excluding hydrogens is 531 g/mol. The molecule has 13 heteroatoms. The number of aromatic nitrogens is 4. The van der Waals surface area contributed by atoms with E-state index < -0.39 is 38.1 Å². The van der Waals surface area contributed by atoms with E-state index in [-0.39, 0.29) is 16.5 Å². The molecule has 188 valence electrons. The molecule has 0 amide bonds. The smallest absolute Gasteiger partial charge is 0.267 e. The third-order valence-corrected chi connectivity index (χ3v) is 6.99. The van der Waals surface area contributed by atoms with Gasteiger partial charge in [0.1, 0.15) is 28.7 Å². The molecular formula is C24H15ClF3N5O3S. The molecule has 3 heterocycles. The third-order valence-electron chi connectivity index (χ3n) is 5.39. The number of imidazole rings is 1. The highest BCUT2D eigenvalue weighted by Gasteiger charge is 2.27. The minimum Gasteiger partial charge on any atom is -0.497 e. The summed E-state index contributed by atoms with van der Waals surface area (Å²) in [5, 5.41) is -0.0548. The first-order chi connectivity index (χ1) is 17.7. The fourth-order valence-corrected chi connectivity index (χ4v) is 5.13. The Labute approximate surface area is 213 Å². The predicted octanol–water partition coefficient (Wildman–Crippen LogP) is 5.34. The minimum atomic E-state index is -4.82. The number of methoxy groups -OCH3 is 1. The monoisotopic (exact) mass is 545 g/mol. The number of nitrogens with zero attached hydrogens (tertiary/aromatic N) is 4. The van der Waals surface area contributed by atoms with Gasteiger partial charge in [-0.2, -0.15) is 0 Å². The van der Waals surface area contributed by atoms with Crippen LogP contribution >= 0.6 is 11.6 Å². The van der Waals surface area contributed by atoms with Crippen LogP contribution in [0.4, 0.5) is 18.9 Å². The molecule has 0 aliphatic carbocycles. The van der Waals surface area contributed by atoms with Gasteiger partial charge in [0.05, 0.1) is 24.2 Å². The zero-order valence-electron chi connectivity index (χ0n) is 18.8. The van der Waals surface area contributed by atoms with Crippen molar-refractivity contribution in [2.24, 2.45) is 0 Å². The van der Waals surface area contributed by atoms with Crippen LogP contribution in [0.15, 0.2) is 71.9 Å². The topological polar surface area (TPSA) is 98.5 Å².